The van der Waals surface area contributed by atoms with E-state index in [1.807, 2.05) is 6.92 Å². The molecule has 4 aliphatic carbocycles. The van der Waals surface area contributed by atoms with Crippen LogP contribution in [0.2, 0.25) is 0 Å². The highest BCUT2D eigenvalue weighted by atomic mass is 16.1. The minimum Gasteiger partial charge on any atom is -0.300 e. The van der Waals surface area contributed by atoms with Gasteiger partial charge in [0, 0.05) is 12.8 Å². The van der Waals surface area contributed by atoms with E-state index in [4.69, 9.17) is 0 Å². The van der Waals surface area contributed by atoms with Gasteiger partial charge in [-0.3, -0.25) is 4.79 Å². The summed E-state index contributed by atoms with van der Waals surface area (Å²) in [6, 6.07) is 0. The van der Waals surface area contributed by atoms with Gasteiger partial charge in [0.1, 0.15) is 5.78 Å². The van der Waals surface area contributed by atoms with Crippen LogP contribution in [0.4, 0.5) is 0 Å². The number of hydrogen-bond acceptors (Lipinski definition) is 1. The van der Waals surface area contributed by atoms with Crippen LogP contribution in [0, 0.1) is 46.3 Å². The summed E-state index contributed by atoms with van der Waals surface area (Å²) in [5.41, 5.74) is 1.23. The normalized spacial score (nSPS) is 47.6. The topological polar surface area (TPSA) is 17.1 Å². The van der Waals surface area contributed by atoms with Gasteiger partial charge >= 0.3 is 0 Å². The lowest BCUT2D eigenvalue weighted by atomic mass is 9.44. The third kappa shape index (κ3) is 3.24. The average molecular weight is 373 g/mol. The van der Waals surface area contributed by atoms with E-state index >= 15 is 0 Å². The smallest absolute Gasteiger partial charge is 0.132 e. The highest BCUT2D eigenvalue weighted by Crippen LogP contribution is 2.68. The van der Waals surface area contributed by atoms with Crippen LogP contribution in [-0.2, 0) is 4.79 Å². The molecule has 8 atom stereocenters. The summed E-state index contributed by atoms with van der Waals surface area (Å²) in [7, 11) is 0. The number of hydrogen-bond donors (Lipinski definition) is 0. The van der Waals surface area contributed by atoms with E-state index in [0.29, 0.717) is 16.6 Å². The largest absolute Gasteiger partial charge is 0.300 e. The van der Waals surface area contributed by atoms with Gasteiger partial charge in [0.15, 0.2) is 0 Å². The fourth-order valence-electron chi connectivity index (χ4n) is 9.04. The zero-order valence-corrected chi connectivity index (χ0v) is 18.6. The molecule has 4 saturated carbocycles. The molecule has 0 aromatic rings. The lowest BCUT2D eigenvalue weighted by Crippen LogP contribution is -2.53. The number of Topliss-reactive ketones (excluding diaryl/α,β-unsaturated/α-hetero) is 1. The molecule has 8 unspecified atom stereocenters. The molecule has 0 bridgehead atoms. The molecule has 0 spiro atoms. The van der Waals surface area contributed by atoms with Gasteiger partial charge in [0.25, 0.3) is 0 Å². The van der Waals surface area contributed by atoms with Crippen LogP contribution >= 0.6 is 0 Å². The number of carbonyl (C=O) groups is 1. The van der Waals surface area contributed by atoms with Crippen LogP contribution in [0.15, 0.2) is 0 Å². The van der Waals surface area contributed by atoms with E-state index in [1.165, 1.54) is 64.2 Å². The van der Waals surface area contributed by atoms with Gasteiger partial charge in [0.05, 0.1) is 0 Å². The standard InChI is InChI=1S/C26H44O/c1-5-20(27)11-9-18(2)22-13-14-23-21-12-10-19-8-6-7-16-25(19,3)24(21)15-17-26(22,23)4/h18-19,21-24H,5-17H2,1-4H3. The van der Waals surface area contributed by atoms with Crippen molar-refractivity contribution in [1.82, 2.24) is 0 Å². The molecule has 1 nitrogen and oxygen atoms in total. The van der Waals surface area contributed by atoms with Crippen LogP contribution in [0.3, 0.4) is 0 Å². The summed E-state index contributed by atoms with van der Waals surface area (Å²) in [5, 5.41) is 0. The predicted molar refractivity (Wildman–Crippen MR) is 114 cm³/mol. The average Bonchev–Trinajstić information content (AvgIpc) is 3.02. The Bertz CT molecular complexity index is 552. The number of rotatable bonds is 5. The lowest BCUT2D eigenvalue weighted by molar-refractivity contribution is -0.120. The van der Waals surface area contributed by atoms with Crippen LogP contribution in [0.25, 0.3) is 0 Å². The molecule has 27 heavy (non-hydrogen) atoms. The summed E-state index contributed by atoms with van der Waals surface area (Å²) in [5.74, 6) is 6.11. The van der Waals surface area contributed by atoms with Gasteiger partial charge in [0.2, 0.25) is 0 Å². The second kappa shape index (κ2) is 7.49. The fourth-order valence-corrected chi connectivity index (χ4v) is 9.04. The monoisotopic (exact) mass is 372 g/mol. The Kier molecular flexibility index (Phi) is 5.54. The Morgan fingerprint density at radius 1 is 0.926 bits per heavy atom. The molecule has 0 aliphatic heterocycles. The molecule has 0 radical (unpaired) electrons. The third-order valence-corrected chi connectivity index (χ3v) is 10.6. The van der Waals surface area contributed by atoms with Crippen molar-refractivity contribution in [3.05, 3.63) is 0 Å². The Labute approximate surface area is 168 Å². The van der Waals surface area contributed by atoms with E-state index in [2.05, 4.69) is 20.8 Å². The van der Waals surface area contributed by atoms with Crippen LogP contribution < -0.4 is 0 Å². The first-order chi connectivity index (χ1) is 12.9. The molecule has 1 heteroatoms. The minimum atomic E-state index is 0.466. The molecule has 4 rings (SSSR count). The van der Waals surface area contributed by atoms with Crippen molar-refractivity contribution in [1.29, 1.82) is 0 Å². The van der Waals surface area contributed by atoms with E-state index < -0.39 is 0 Å². The molecular formula is C26H44O. The molecule has 0 aromatic heterocycles. The molecule has 0 heterocycles. The predicted octanol–water partition coefficient (Wildman–Crippen LogP) is 7.43. The van der Waals surface area contributed by atoms with Gasteiger partial charge in [-0.2, -0.15) is 0 Å². The van der Waals surface area contributed by atoms with Crippen molar-refractivity contribution < 1.29 is 4.79 Å². The second-order valence-corrected chi connectivity index (χ2v) is 11.5. The maximum absolute atomic E-state index is 11.9. The van der Waals surface area contributed by atoms with Gasteiger partial charge in [-0.05, 0) is 104 Å². The van der Waals surface area contributed by atoms with E-state index in [9.17, 15) is 4.79 Å². The summed E-state index contributed by atoms with van der Waals surface area (Å²) in [6.07, 6.45) is 17.6. The summed E-state index contributed by atoms with van der Waals surface area (Å²) in [6.45, 7) is 9.84. The fraction of sp³-hybridized carbons (Fsp3) is 0.962. The van der Waals surface area contributed by atoms with Gasteiger partial charge in [-0.25, -0.2) is 0 Å². The number of carbonyl (C=O) groups excluding carboxylic acids is 1. The summed E-state index contributed by atoms with van der Waals surface area (Å²) < 4.78 is 0. The molecule has 0 aromatic carbocycles. The molecular weight excluding hydrogens is 328 g/mol. The van der Waals surface area contributed by atoms with E-state index in [1.54, 1.807) is 0 Å². The second-order valence-electron chi connectivity index (χ2n) is 11.5. The highest BCUT2D eigenvalue weighted by molar-refractivity contribution is 5.77. The van der Waals surface area contributed by atoms with Crippen molar-refractivity contribution in [2.24, 2.45) is 46.3 Å². The van der Waals surface area contributed by atoms with Gasteiger partial charge in [-0.1, -0.05) is 40.5 Å². The van der Waals surface area contributed by atoms with Crippen molar-refractivity contribution >= 4 is 5.78 Å². The van der Waals surface area contributed by atoms with Gasteiger partial charge in [-0.15, -0.1) is 0 Å². The molecule has 4 aliphatic rings. The number of fused-ring (bicyclic) bond motifs is 5. The number of ketones is 1. The Morgan fingerprint density at radius 3 is 2.48 bits per heavy atom. The highest BCUT2D eigenvalue weighted by Gasteiger charge is 2.60. The summed E-state index contributed by atoms with van der Waals surface area (Å²) in [4.78, 5) is 11.9. The molecule has 4 fully saturated rings. The van der Waals surface area contributed by atoms with Crippen molar-refractivity contribution in [2.75, 3.05) is 0 Å². The van der Waals surface area contributed by atoms with Crippen LogP contribution in [-0.4, -0.2) is 5.78 Å². The Hall–Kier alpha value is -0.330. The molecule has 0 N–H and O–H groups in total. The van der Waals surface area contributed by atoms with Crippen LogP contribution in [0.5, 0.6) is 0 Å². The molecule has 154 valence electrons. The first-order valence-electron chi connectivity index (χ1n) is 12.4. The quantitative estimate of drug-likeness (QED) is 0.490. The Balaban J connectivity index is 1.49. The maximum atomic E-state index is 11.9. The first-order valence-corrected chi connectivity index (χ1v) is 12.4. The Morgan fingerprint density at radius 2 is 1.70 bits per heavy atom. The SMILES string of the molecule is CCC(=O)CCC(C)C1CCC2C3CCC4CCCCC4(C)C3CCC12C. The van der Waals surface area contributed by atoms with Crippen molar-refractivity contribution in [2.45, 2.75) is 111 Å². The van der Waals surface area contributed by atoms with Crippen molar-refractivity contribution in [3.63, 3.8) is 0 Å². The maximum Gasteiger partial charge on any atom is 0.132 e. The van der Waals surface area contributed by atoms with E-state index in [0.717, 1.165) is 54.8 Å². The lowest BCUT2D eigenvalue weighted by Gasteiger charge is -2.61. The first kappa shape index (κ1) is 20.0. The van der Waals surface area contributed by atoms with E-state index in [-0.39, 0.29) is 0 Å². The molecule has 0 saturated heterocycles. The molecule has 0 amide bonds. The minimum absolute atomic E-state index is 0.466. The zero-order chi connectivity index (χ0) is 19.2. The zero-order valence-electron chi connectivity index (χ0n) is 18.6. The third-order valence-electron chi connectivity index (χ3n) is 10.6. The van der Waals surface area contributed by atoms with Gasteiger partial charge < -0.3 is 0 Å². The van der Waals surface area contributed by atoms with Crippen LogP contribution in [0.1, 0.15) is 111 Å². The van der Waals surface area contributed by atoms with Crippen molar-refractivity contribution in [3.8, 4) is 0 Å². The summed E-state index contributed by atoms with van der Waals surface area (Å²) >= 11 is 0.